The Labute approximate surface area is 164 Å². The number of likely N-dealkylation sites (N-methyl/N-ethyl adjacent to an activating group) is 1. The molecule has 2 rings (SSSR count). The van der Waals surface area contributed by atoms with Crippen LogP contribution in [0.25, 0.3) is 6.08 Å². The highest BCUT2D eigenvalue weighted by Crippen LogP contribution is 2.27. The van der Waals surface area contributed by atoms with E-state index in [4.69, 9.17) is 4.74 Å². The van der Waals surface area contributed by atoms with Crippen LogP contribution in [0.15, 0.2) is 57.0 Å². The zero-order valence-electron chi connectivity index (χ0n) is 13.8. The number of hydrogen-bond donors (Lipinski definition) is 0. The van der Waals surface area contributed by atoms with Gasteiger partial charge in [-0.05, 0) is 42.0 Å². The highest BCUT2D eigenvalue weighted by molar-refractivity contribution is 9.10. The summed E-state index contributed by atoms with van der Waals surface area (Å²) in [5, 5.41) is 9.28. The first kappa shape index (κ1) is 19.2. The Morgan fingerprint density at radius 3 is 2.40 bits per heavy atom. The number of nitriles is 1. The van der Waals surface area contributed by atoms with Crippen LogP contribution in [0.3, 0.4) is 0 Å². The van der Waals surface area contributed by atoms with E-state index in [1.807, 2.05) is 48.5 Å². The summed E-state index contributed by atoms with van der Waals surface area (Å²) in [5.41, 5.74) is 1.74. The van der Waals surface area contributed by atoms with Crippen molar-refractivity contribution >= 4 is 43.8 Å². The van der Waals surface area contributed by atoms with Crippen LogP contribution in [0, 0.1) is 11.3 Å². The lowest BCUT2D eigenvalue weighted by molar-refractivity contribution is -0.124. The molecule has 0 saturated heterocycles. The third-order valence-electron chi connectivity index (χ3n) is 3.34. The van der Waals surface area contributed by atoms with E-state index in [9.17, 15) is 10.1 Å². The molecule has 0 aliphatic carbocycles. The average Bonchev–Trinajstić information content (AvgIpc) is 2.59. The molecule has 128 valence electrons. The van der Waals surface area contributed by atoms with Gasteiger partial charge in [-0.25, -0.2) is 0 Å². The largest absolute Gasteiger partial charge is 0.488 e. The molecule has 0 radical (unpaired) electrons. The lowest BCUT2D eigenvalue weighted by Gasteiger charge is -2.12. The van der Waals surface area contributed by atoms with Gasteiger partial charge in [-0.15, -0.1) is 0 Å². The molecule has 0 unspecified atom stereocenters. The molecule has 0 aliphatic heterocycles. The monoisotopic (exact) mass is 462 g/mol. The van der Waals surface area contributed by atoms with Gasteiger partial charge in [0.1, 0.15) is 24.0 Å². The van der Waals surface area contributed by atoms with Gasteiger partial charge in [0.05, 0.1) is 0 Å². The molecule has 0 heterocycles. The van der Waals surface area contributed by atoms with Gasteiger partial charge in [0.25, 0.3) is 5.91 Å². The van der Waals surface area contributed by atoms with Crippen LogP contribution < -0.4 is 4.74 Å². The molecule has 6 heteroatoms. The van der Waals surface area contributed by atoms with E-state index in [-0.39, 0.29) is 11.5 Å². The fraction of sp³-hybridized carbons (Fsp3) is 0.158. The van der Waals surface area contributed by atoms with Crippen molar-refractivity contribution in [3.63, 3.8) is 0 Å². The van der Waals surface area contributed by atoms with E-state index in [2.05, 4.69) is 31.9 Å². The summed E-state index contributed by atoms with van der Waals surface area (Å²) in [6.45, 7) is 0.388. The van der Waals surface area contributed by atoms with Crippen molar-refractivity contribution < 1.29 is 9.53 Å². The van der Waals surface area contributed by atoms with Gasteiger partial charge in [-0.3, -0.25) is 4.79 Å². The van der Waals surface area contributed by atoms with E-state index < -0.39 is 0 Å². The lowest BCUT2D eigenvalue weighted by atomic mass is 10.1. The second-order valence-electron chi connectivity index (χ2n) is 5.47. The molecule has 0 spiro atoms. The summed E-state index contributed by atoms with van der Waals surface area (Å²) in [5.74, 6) is 0.256. The second-order valence-corrected chi connectivity index (χ2v) is 7.30. The molecule has 0 saturated carbocycles. The standard InChI is InChI=1S/C19H16Br2N2O2/c1-23(2)19(24)15(11-22)9-14-10-17(21)7-8-18(14)25-12-13-3-5-16(20)6-4-13/h3-10H,12H2,1-2H3/b15-9-. The summed E-state index contributed by atoms with van der Waals surface area (Å²) in [6, 6.07) is 15.3. The first-order valence-corrected chi connectivity index (χ1v) is 8.99. The van der Waals surface area contributed by atoms with Crippen LogP contribution >= 0.6 is 31.9 Å². The highest BCUT2D eigenvalue weighted by Gasteiger charge is 2.13. The fourth-order valence-electron chi connectivity index (χ4n) is 2.04. The summed E-state index contributed by atoms with van der Waals surface area (Å²) in [6.07, 6.45) is 1.55. The minimum Gasteiger partial charge on any atom is -0.488 e. The van der Waals surface area contributed by atoms with Crippen LogP contribution in [0.1, 0.15) is 11.1 Å². The maximum atomic E-state index is 12.1. The number of benzene rings is 2. The van der Waals surface area contributed by atoms with Crippen molar-refractivity contribution in [3.8, 4) is 11.8 Å². The molecular weight excluding hydrogens is 448 g/mol. The van der Waals surface area contributed by atoms with E-state index in [1.165, 1.54) is 4.90 Å². The van der Waals surface area contributed by atoms with Gasteiger partial charge in [-0.2, -0.15) is 5.26 Å². The van der Waals surface area contributed by atoms with Gasteiger partial charge in [0.2, 0.25) is 0 Å². The average molecular weight is 464 g/mol. The zero-order chi connectivity index (χ0) is 18.4. The first-order chi connectivity index (χ1) is 11.9. The van der Waals surface area contributed by atoms with Crippen molar-refractivity contribution in [2.24, 2.45) is 0 Å². The summed E-state index contributed by atoms with van der Waals surface area (Å²) in [7, 11) is 3.22. The number of rotatable bonds is 5. The normalized spacial score (nSPS) is 10.9. The van der Waals surface area contributed by atoms with E-state index in [0.717, 1.165) is 14.5 Å². The van der Waals surface area contributed by atoms with Crippen molar-refractivity contribution in [1.29, 1.82) is 5.26 Å². The van der Waals surface area contributed by atoms with Crippen LogP contribution in [0.2, 0.25) is 0 Å². The maximum Gasteiger partial charge on any atom is 0.264 e. The van der Waals surface area contributed by atoms with E-state index in [0.29, 0.717) is 17.9 Å². The quantitative estimate of drug-likeness (QED) is 0.473. The van der Waals surface area contributed by atoms with Gasteiger partial charge in [-0.1, -0.05) is 44.0 Å². The first-order valence-electron chi connectivity index (χ1n) is 7.41. The smallest absolute Gasteiger partial charge is 0.264 e. The van der Waals surface area contributed by atoms with Crippen LogP contribution in [-0.4, -0.2) is 24.9 Å². The molecule has 0 aromatic heterocycles. The minimum atomic E-state index is -0.346. The highest BCUT2D eigenvalue weighted by atomic mass is 79.9. The number of hydrogen-bond acceptors (Lipinski definition) is 3. The van der Waals surface area contributed by atoms with Gasteiger partial charge in [0, 0.05) is 28.6 Å². The molecule has 0 bridgehead atoms. The fourth-order valence-corrected chi connectivity index (χ4v) is 2.69. The Balaban J connectivity index is 2.29. The molecule has 25 heavy (non-hydrogen) atoms. The van der Waals surface area contributed by atoms with Crippen LogP contribution in [-0.2, 0) is 11.4 Å². The predicted octanol–water partition coefficient (Wildman–Crippen LogP) is 4.79. The third kappa shape index (κ3) is 5.45. The Kier molecular flexibility index (Phi) is 6.80. The topological polar surface area (TPSA) is 53.3 Å². The van der Waals surface area contributed by atoms with Crippen molar-refractivity contribution in [1.82, 2.24) is 4.90 Å². The maximum absolute atomic E-state index is 12.1. The molecule has 0 fully saturated rings. The Hall–Kier alpha value is -2.10. The number of amides is 1. The summed E-state index contributed by atoms with van der Waals surface area (Å²) in [4.78, 5) is 13.4. The number of carbonyl (C=O) groups excluding carboxylic acids is 1. The van der Waals surface area contributed by atoms with Crippen molar-refractivity contribution in [2.75, 3.05) is 14.1 Å². The molecule has 4 nitrogen and oxygen atoms in total. The number of carbonyl (C=O) groups is 1. The molecule has 0 N–H and O–H groups in total. The predicted molar refractivity (Wildman–Crippen MR) is 105 cm³/mol. The lowest BCUT2D eigenvalue weighted by Crippen LogP contribution is -2.22. The zero-order valence-corrected chi connectivity index (χ0v) is 17.0. The molecule has 2 aromatic rings. The Morgan fingerprint density at radius 2 is 1.80 bits per heavy atom. The molecule has 0 aliphatic rings. The number of halogens is 2. The summed E-state index contributed by atoms with van der Waals surface area (Å²) >= 11 is 6.81. The van der Waals surface area contributed by atoms with Gasteiger partial charge < -0.3 is 9.64 Å². The molecule has 2 aromatic carbocycles. The van der Waals surface area contributed by atoms with Crippen molar-refractivity contribution in [3.05, 3.63) is 68.1 Å². The molecule has 1 amide bonds. The van der Waals surface area contributed by atoms with E-state index in [1.54, 1.807) is 20.2 Å². The number of ether oxygens (including phenoxy) is 1. The summed E-state index contributed by atoms with van der Waals surface area (Å²) < 4.78 is 7.73. The minimum absolute atomic E-state index is 0.0524. The van der Waals surface area contributed by atoms with Crippen LogP contribution in [0.5, 0.6) is 5.75 Å². The Bertz CT molecular complexity index is 837. The molecule has 0 atom stereocenters. The van der Waals surface area contributed by atoms with Crippen LogP contribution in [0.4, 0.5) is 0 Å². The van der Waals surface area contributed by atoms with E-state index >= 15 is 0 Å². The second kappa shape index (κ2) is 8.84. The SMILES string of the molecule is CN(C)C(=O)/C(C#N)=C\c1cc(Br)ccc1OCc1ccc(Br)cc1. The van der Waals surface area contributed by atoms with Gasteiger partial charge in [0.15, 0.2) is 0 Å². The van der Waals surface area contributed by atoms with Crippen molar-refractivity contribution in [2.45, 2.75) is 6.61 Å². The number of nitrogens with zero attached hydrogens (tertiary/aromatic N) is 2. The van der Waals surface area contributed by atoms with Gasteiger partial charge >= 0.3 is 0 Å². The third-order valence-corrected chi connectivity index (χ3v) is 4.36. The Morgan fingerprint density at radius 1 is 1.16 bits per heavy atom. The molecular formula is C19H16Br2N2O2.